The largest absolute Gasteiger partial charge is 0.360 e. The second-order valence-corrected chi connectivity index (χ2v) is 3.89. The topological polar surface area (TPSA) is 68.1 Å². The highest BCUT2D eigenvalue weighted by atomic mass is 32.1. The number of nitrogens with zero attached hydrogens (tertiary/aromatic N) is 2. The highest BCUT2D eigenvalue weighted by molar-refractivity contribution is 7.07. The van der Waals surface area contributed by atoms with Gasteiger partial charge in [0.15, 0.2) is 0 Å². The maximum absolute atomic E-state index is 10.7. The van der Waals surface area contributed by atoms with Gasteiger partial charge in [-0.05, 0) is 28.5 Å². The van der Waals surface area contributed by atoms with Crippen LogP contribution in [0.3, 0.4) is 0 Å². The molecule has 0 fully saturated rings. The molecule has 0 radical (unpaired) electrons. The van der Waals surface area contributed by atoms with Crippen LogP contribution < -0.4 is 5.32 Å². The van der Waals surface area contributed by atoms with Gasteiger partial charge in [-0.3, -0.25) is 10.1 Å². The van der Waals surface area contributed by atoms with Gasteiger partial charge in [0, 0.05) is 18.8 Å². The standard InChI is InChI=1S/C10H9N3O2S/c14-13(15)9-2-1-4-11-10(9)12-6-8-3-5-16-7-8/h1-5,7H,6H2,(H,11,12). The third kappa shape index (κ3) is 2.34. The first-order chi connectivity index (χ1) is 7.77. The molecule has 5 nitrogen and oxygen atoms in total. The minimum absolute atomic E-state index is 0.00210. The van der Waals surface area contributed by atoms with Gasteiger partial charge < -0.3 is 5.32 Å². The summed E-state index contributed by atoms with van der Waals surface area (Å²) >= 11 is 1.59. The Balaban J connectivity index is 2.12. The summed E-state index contributed by atoms with van der Waals surface area (Å²) in [4.78, 5) is 14.2. The Kier molecular flexibility index (Phi) is 3.11. The van der Waals surface area contributed by atoms with Crippen LogP contribution in [0, 0.1) is 10.1 Å². The molecule has 6 heteroatoms. The van der Waals surface area contributed by atoms with E-state index in [0.717, 1.165) is 5.56 Å². The molecule has 16 heavy (non-hydrogen) atoms. The summed E-state index contributed by atoms with van der Waals surface area (Å²) in [7, 11) is 0. The summed E-state index contributed by atoms with van der Waals surface area (Å²) in [6.07, 6.45) is 1.53. The molecule has 0 aliphatic rings. The van der Waals surface area contributed by atoms with Crippen molar-refractivity contribution in [1.29, 1.82) is 0 Å². The zero-order chi connectivity index (χ0) is 11.4. The number of hydrogen-bond donors (Lipinski definition) is 1. The van der Waals surface area contributed by atoms with E-state index in [1.54, 1.807) is 17.4 Å². The number of aromatic nitrogens is 1. The van der Waals surface area contributed by atoms with E-state index in [1.165, 1.54) is 12.3 Å². The summed E-state index contributed by atoms with van der Waals surface area (Å²) in [6, 6.07) is 4.95. The van der Waals surface area contributed by atoms with Crippen molar-refractivity contribution in [2.24, 2.45) is 0 Å². The molecule has 0 unspecified atom stereocenters. The van der Waals surface area contributed by atoms with Crippen LogP contribution in [-0.4, -0.2) is 9.91 Å². The molecule has 0 atom stereocenters. The Morgan fingerprint density at radius 3 is 3.06 bits per heavy atom. The van der Waals surface area contributed by atoms with Crippen molar-refractivity contribution in [3.05, 3.63) is 50.8 Å². The molecule has 0 aliphatic heterocycles. The van der Waals surface area contributed by atoms with E-state index in [-0.39, 0.29) is 5.69 Å². The van der Waals surface area contributed by atoms with Crippen molar-refractivity contribution in [1.82, 2.24) is 4.98 Å². The molecular weight excluding hydrogens is 226 g/mol. The van der Waals surface area contributed by atoms with E-state index < -0.39 is 4.92 Å². The van der Waals surface area contributed by atoms with Crippen molar-refractivity contribution in [2.45, 2.75) is 6.54 Å². The van der Waals surface area contributed by atoms with Crippen LogP contribution in [0.2, 0.25) is 0 Å². The SMILES string of the molecule is O=[N+]([O-])c1cccnc1NCc1ccsc1. The summed E-state index contributed by atoms with van der Waals surface area (Å²) in [6.45, 7) is 0.543. The van der Waals surface area contributed by atoms with Gasteiger partial charge in [-0.2, -0.15) is 11.3 Å². The van der Waals surface area contributed by atoms with E-state index in [4.69, 9.17) is 0 Å². The summed E-state index contributed by atoms with van der Waals surface area (Å²) < 4.78 is 0. The van der Waals surface area contributed by atoms with Crippen molar-refractivity contribution in [3.8, 4) is 0 Å². The van der Waals surface area contributed by atoms with Crippen LogP contribution in [0.5, 0.6) is 0 Å². The summed E-state index contributed by atoms with van der Waals surface area (Å²) in [5.74, 6) is 0.304. The Morgan fingerprint density at radius 1 is 1.50 bits per heavy atom. The van der Waals surface area contributed by atoms with Crippen LogP contribution in [0.25, 0.3) is 0 Å². The van der Waals surface area contributed by atoms with Crippen LogP contribution in [0.1, 0.15) is 5.56 Å². The van der Waals surface area contributed by atoms with E-state index in [2.05, 4.69) is 10.3 Å². The lowest BCUT2D eigenvalue weighted by atomic mass is 10.3. The van der Waals surface area contributed by atoms with Gasteiger partial charge in [-0.15, -0.1) is 0 Å². The minimum atomic E-state index is -0.442. The lowest BCUT2D eigenvalue weighted by Crippen LogP contribution is -2.03. The predicted molar refractivity (Wildman–Crippen MR) is 62.5 cm³/mol. The number of thiophene rings is 1. The number of nitro groups is 1. The number of pyridine rings is 1. The van der Waals surface area contributed by atoms with Crippen LogP contribution in [0.15, 0.2) is 35.2 Å². The Labute approximate surface area is 95.9 Å². The van der Waals surface area contributed by atoms with Crippen LogP contribution >= 0.6 is 11.3 Å². The van der Waals surface area contributed by atoms with Gasteiger partial charge in [0.2, 0.25) is 5.82 Å². The molecule has 2 rings (SSSR count). The summed E-state index contributed by atoms with van der Waals surface area (Å²) in [5.41, 5.74) is 1.09. The molecule has 0 bridgehead atoms. The number of nitrogens with one attached hydrogen (secondary N) is 1. The molecule has 2 aromatic heterocycles. The quantitative estimate of drug-likeness (QED) is 0.653. The van der Waals surface area contributed by atoms with E-state index >= 15 is 0 Å². The van der Waals surface area contributed by atoms with E-state index in [1.807, 2.05) is 16.8 Å². The average Bonchev–Trinajstić information content (AvgIpc) is 2.79. The van der Waals surface area contributed by atoms with Gasteiger partial charge in [0.05, 0.1) is 4.92 Å². The highest BCUT2D eigenvalue weighted by Crippen LogP contribution is 2.21. The first kappa shape index (κ1) is 10.6. The zero-order valence-electron chi connectivity index (χ0n) is 8.29. The fraction of sp³-hybridized carbons (Fsp3) is 0.100. The fourth-order valence-corrected chi connectivity index (χ4v) is 1.93. The van der Waals surface area contributed by atoms with Crippen molar-refractivity contribution >= 4 is 22.8 Å². The van der Waals surface area contributed by atoms with Gasteiger partial charge in [0.25, 0.3) is 0 Å². The maximum Gasteiger partial charge on any atom is 0.311 e. The van der Waals surface area contributed by atoms with Crippen LogP contribution in [0.4, 0.5) is 11.5 Å². The molecule has 82 valence electrons. The Hall–Kier alpha value is -1.95. The minimum Gasteiger partial charge on any atom is -0.360 e. The summed E-state index contributed by atoms with van der Waals surface area (Å²) in [5, 5.41) is 17.6. The normalized spacial score (nSPS) is 10.0. The highest BCUT2D eigenvalue weighted by Gasteiger charge is 2.13. The number of rotatable bonds is 4. The fourth-order valence-electron chi connectivity index (χ4n) is 1.26. The second kappa shape index (κ2) is 4.71. The molecule has 0 saturated carbocycles. The molecule has 0 aromatic carbocycles. The van der Waals surface area contributed by atoms with Gasteiger partial charge in [-0.25, -0.2) is 4.98 Å². The zero-order valence-corrected chi connectivity index (χ0v) is 9.11. The second-order valence-electron chi connectivity index (χ2n) is 3.11. The van der Waals surface area contributed by atoms with Crippen molar-refractivity contribution < 1.29 is 4.92 Å². The van der Waals surface area contributed by atoms with E-state index in [0.29, 0.717) is 12.4 Å². The molecule has 0 spiro atoms. The average molecular weight is 235 g/mol. The van der Waals surface area contributed by atoms with E-state index in [9.17, 15) is 10.1 Å². The van der Waals surface area contributed by atoms with Crippen molar-refractivity contribution in [2.75, 3.05) is 5.32 Å². The number of hydrogen-bond acceptors (Lipinski definition) is 5. The first-order valence-corrected chi connectivity index (χ1v) is 5.56. The monoisotopic (exact) mass is 235 g/mol. The maximum atomic E-state index is 10.7. The smallest absolute Gasteiger partial charge is 0.311 e. The van der Waals surface area contributed by atoms with Gasteiger partial charge in [-0.1, -0.05) is 0 Å². The van der Waals surface area contributed by atoms with Gasteiger partial charge in [0.1, 0.15) is 0 Å². The third-order valence-corrected chi connectivity index (χ3v) is 2.76. The predicted octanol–water partition coefficient (Wildman–Crippen LogP) is 2.66. The molecule has 2 heterocycles. The first-order valence-electron chi connectivity index (χ1n) is 4.62. The van der Waals surface area contributed by atoms with Gasteiger partial charge >= 0.3 is 5.69 Å². The molecule has 1 N–H and O–H groups in total. The lowest BCUT2D eigenvalue weighted by molar-refractivity contribution is -0.384. The molecule has 0 saturated heterocycles. The Bertz CT molecular complexity index is 485. The molecule has 2 aromatic rings. The molecular formula is C10H9N3O2S. The Morgan fingerprint density at radius 2 is 2.38 bits per heavy atom. The molecule has 0 aliphatic carbocycles. The number of anilines is 1. The molecule has 0 amide bonds. The third-order valence-electron chi connectivity index (χ3n) is 2.02. The van der Waals surface area contributed by atoms with Crippen molar-refractivity contribution in [3.63, 3.8) is 0 Å². The van der Waals surface area contributed by atoms with Crippen LogP contribution in [-0.2, 0) is 6.54 Å². The lowest BCUT2D eigenvalue weighted by Gasteiger charge is -2.03.